The molecular formula is C127H180F8N8O6S. The van der Waals surface area contributed by atoms with E-state index in [1.165, 1.54) is 96.6 Å². The van der Waals surface area contributed by atoms with Crippen molar-refractivity contribution in [1.82, 2.24) is 4.90 Å². The lowest BCUT2D eigenvalue weighted by Gasteiger charge is -2.22. The number of rotatable bonds is 11. The number of benzene rings is 11. The van der Waals surface area contributed by atoms with E-state index in [0.29, 0.717) is 46.7 Å². The number of nitriles is 1. The Morgan fingerprint density at radius 2 is 0.727 bits per heavy atom. The van der Waals surface area contributed by atoms with Gasteiger partial charge in [-0.3, -0.25) is 9.69 Å². The van der Waals surface area contributed by atoms with Crippen molar-refractivity contribution in [1.29, 1.82) is 5.26 Å². The summed E-state index contributed by atoms with van der Waals surface area (Å²) in [5.41, 5.74) is 32.5. The van der Waals surface area contributed by atoms with Gasteiger partial charge in [-0.05, 0) is 287 Å². The maximum atomic E-state index is 13.9. The molecule has 1 aliphatic rings. The first-order valence-corrected chi connectivity index (χ1v) is 53.1. The lowest BCUT2D eigenvalue weighted by atomic mass is 9.84. The van der Waals surface area contributed by atoms with Gasteiger partial charge in [0.2, 0.25) is 5.91 Å². The average molecular weight is 2100 g/mol. The summed E-state index contributed by atoms with van der Waals surface area (Å²) >= 11 is 0. The van der Waals surface area contributed by atoms with Crippen LogP contribution in [0.4, 0.5) is 69.2 Å². The average Bonchev–Trinajstić information content (AvgIpc) is 0.890. The standard InChI is InChI=1S/C16H24FNO.C13H20O2.C12H16FNO.2C11H16FN.C11H12FN.C11H15FO2S.2C11H17N.C10H14FN.C10H13F/c1-16(2,3)14-12-13(6-7-15(14)17)19-11-10-18-8-4-5-9-18;1-10-5-6-11(15-8-7-14)9-12(10)13(2,3)4;1-8(15)14-10-7-5-6-9(11(10)13)12(2,3)4;1-11(2,3)9-6-5-8(13-4)7-10(9)12;1-11(2,3)8-6-5-7-9(13-4)10(8)12;1-11(2,3)9-6-4-5-8(7-13)10(9)12;1-11(2,3)8-6-5-7-9(10(8)12)15(4,13)14;1-8-7-9(12)5-6-10(8)11(2,3)4;1-8-5-6-9(12)7-10(8)11(2,3)4;1-10(2,3)7-5-4-6-8(12)9(7)11;1-10(2,3)8-6-4-5-7-9(8)11/h6-7,12H,4-5,8-11H2,1-3H3;5-6,9,14H,7-8H2,1-4H3;5-7H,1-4H3,(H,14,15);2*5-7,13H,1-4H3;4-6H,1-3H3;5-7H,1-4H3;2*5-7H,12H2,1-4H3;4-6H,12H2,1-3H3;4-7H,1-3H3. The van der Waals surface area contributed by atoms with E-state index in [9.17, 15) is 48.3 Å². The maximum Gasteiger partial charge on any atom is 0.221 e. The predicted octanol–water partition coefficient (Wildman–Crippen LogP) is 32.8. The van der Waals surface area contributed by atoms with E-state index in [-0.39, 0.29) is 123 Å². The molecule has 0 atom stereocenters. The van der Waals surface area contributed by atoms with E-state index in [1.54, 1.807) is 93.0 Å². The molecule has 11 aromatic carbocycles. The number of nitrogens with one attached hydrogen (secondary N) is 3. The van der Waals surface area contributed by atoms with Crippen LogP contribution in [0.15, 0.2) is 211 Å². The molecule has 1 saturated heterocycles. The molecule has 150 heavy (non-hydrogen) atoms. The first-order valence-electron chi connectivity index (χ1n) is 51.2. The minimum Gasteiger partial charge on any atom is -0.492 e. The Labute approximate surface area is 897 Å². The number of carbonyl (C=O) groups is 1. The number of carbonyl (C=O) groups excluding carboxylic acids is 1. The van der Waals surface area contributed by atoms with E-state index in [1.807, 2.05) is 239 Å². The molecule has 0 spiro atoms. The number of nitrogens with zero attached hydrogens (tertiary/aromatic N) is 2. The Bertz CT molecular complexity index is 6250. The zero-order chi connectivity index (χ0) is 116. The van der Waals surface area contributed by atoms with Crippen molar-refractivity contribution >= 4 is 49.9 Å². The summed E-state index contributed by atoms with van der Waals surface area (Å²) in [6, 6.07) is 62.3. The number of nitrogen functional groups attached to an aromatic ring is 3. The van der Waals surface area contributed by atoms with Gasteiger partial charge in [0.25, 0.3) is 0 Å². The summed E-state index contributed by atoms with van der Waals surface area (Å²) in [5, 5.41) is 25.5. The molecule has 1 amide bonds. The van der Waals surface area contributed by atoms with Gasteiger partial charge in [-0.25, -0.2) is 43.5 Å². The van der Waals surface area contributed by atoms with Crippen LogP contribution >= 0.6 is 0 Å². The number of anilines is 6. The van der Waals surface area contributed by atoms with Gasteiger partial charge >= 0.3 is 0 Å². The van der Waals surface area contributed by atoms with Crippen molar-refractivity contribution in [3.63, 3.8) is 0 Å². The highest BCUT2D eigenvalue weighted by atomic mass is 32.2. The van der Waals surface area contributed by atoms with Crippen molar-refractivity contribution in [2.75, 3.05) is 93.0 Å². The summed E-state index contributed by atoms with van der Waals surface area (Å²) in [7, 11) is 0.0190. The zero-order valence-corrected chi connectivity index (χ0v) is 98.7. The fourth-order valence-corrected chi connectivity index (χ4v) is 16.6. The van der Waals surface area contributed by atoms with Crippen LogP contribution in [0.2, 0.25) is 0 Å². The molecule has 11 aromatic rings. The molecule has 0 radical (unpaired) electrons. The lowest BCUT2D eigenvalue weighted by molar-refractivity contribution is -0.114. The number of aliphatic hydroxyl groups excluding tert-OH is 1. The first kappa shape index (κ1) is 134. The highest BCUT2D eigenvalue weighted by Crippen LogP contribution is 2.38. The van der Waals surface area contributed by atoms with Crippen LogP contribution in [0.25, 0.3) is 0 Å². The number of hydrogen-bond acceptors (Lipinski definition) is 13. The second-order valence-corrected chi connectivity index (χ2v) is 51.0. The van der Waals surface area contributed by atoms with E-state index >= 15 is 0 Å². The molecule has 0 unspecified atom stereocenters. The van der Waals surface area contributed by atoms with E-state index < -0.39 is 26.9 Å². The van der Waals surface area contributed by atoms with Crippen LogP contribution in [0.5, 0.6) is 11.5 Å². The molecule has 23 heteroatoms. The van der Waals surface area contributed by atoms with Crippen LogP contribution in [0, 0.1) is 78.6 Å². The quantitative estimate of drug-likeness (QED) is 0.0473. The highest BCUT2D eigenvalue weighted by Gasteiger charge is 2.29. The Kier molecular flexibility index (Phi) is 51.6. The lowest BCUT2D eigenvalue weighted by Crippen LogP contribution is -2.25. The normalized spacial score (nSPS) is 12.3. The minimum atomic E-state index is -3.49. The maximum absolute atomic E-state index is 13.9. The van der Waals surface area contributed by atoms with Crippen LogP contribution in [-0.2, 0) is 74.2 Å². The molecule has 0 aromatic heterocycles. The third kappa shape index (κ3) is 45.8. The molecule has 0 bridgehead atoms. The second-order valence-electron chi connectivity index (χ2n) is 49.1. The van der Waals surface area contributed by atoms with E-state index in [2.05, 4.69) is 134 Å². The van der Waals surface area contributed by atoms with Gasteiger partial charge in [0.1, 0.15) is 82.2 Å². The van der Waals surface area contributed by atoms with Gasteiger partial charge in [0.05, 0.1) is 29.2 Å². The monoisotopic (exact) mass is 2100 g/mol. The van der Waals surface area contributed by atoms with Gasteiger partial charge in [-0.1, -0.05) is 332 Å². The van der Waals surface area contributed by atoms with Gasteiger partial charge < -0.3 is 47.7 Å². The van der Waals surface area contributed by atoms with Crippen LogP contribution in [0.3, 0.4) is 0 Å². The number of hydrogen-bond donors (Lipinski definition) is 7. The molecule has 826 valence electrons. The van der Waals surface area contributed by atoms with Gasteiger partial charge in [-0.15, -0.1) is 0 Å². The van der Waals surface area contributed by atoms with Gasteiger partial charge in [0, 0.05) is 50.9 Å². The van der Waals surface area contributed by atoms with E-state index in [4.69, 9.17) is 37.0 Å². The van der Waals surface area contributed by atoms with Gasteiger partial charge in [0.15, 0.2) is 9.84 Å². The van der Waals surface area contributed by atoms with Crippen molar-refractivity contribution < 1.29 is 62.9 Å². The summed E-state index contributed by atoms with van der Waals surface area (Å²) < 4.78 is 143. The molecular weight excluding hydrogens is 1920 g/mol. The molecule has 1 heterocycles. The van der Waals surface area contributed by atoms with Crippen molar-refractivity contribution in [3.05, 3.63) is 336 Å². The SMILES string of the molecule is CC(=O)Nc1cccc(C(C)(C)C)c1F.CC(C)(C)c1cc(OCCN2CCCC2)ccc1F.CC(C)(C)c1cccc(C#N)c1F.CC(C)(C)c1cccc(N)c1F.CC(C)(C)c1cccc(S(C)(=O)=O)c1F.CC(C)(C)c1ccccc1F.CNc1ccc(C(C)(C)C)c(F)c1.CNc1cccc(C(C)(C)C)c1F.Cc1cc(N)ccc1C(C)(C)C.Cc1ccc(N)cc1C(C)(C)C.Cc1ccc(OCCO)cc1C(C)(C)C. The van der Waals surface area contributed by atoms with Crippen molar-refractivity contribution in [3.8, 4) is 17.6 Å². The molecule has 1 fully saturated rings. The number of sulfone groups is 1. The smallest absolute Gasteiger partial charge is 0.221 e. The molecule has 1 aliphatic heterocycles. The van der Waals surface area contributed by atoms with Crippen LogP contribution in [-0.4, -0.2) is 84.1 Å². The Morgan fingerprint density at radius 1 is 0.367 bits per heavy atom. The Balaban J connectivity index is 0.000000559. The topological polar surface area (TPSA) is 231 Å². The highest BCUT2D eigenvalue weighted by molar-refractivity contribution is 7.90. The van der Waals surface area contributed by atoms with Crippen molar-refractivity contribution in [2.24, 2.45) is 0 Å². The summed E-state index contributed by atoms with van der Waals surface area (Å²) in [5.74, 6) is -0.864. The summed E-state index contributed by atoms with van der Waals surface area (Å²) in [4.78, 5) is 13.0. The minimum absolute atomic E-state index is 0.0543. The first-order chi connectivity index (χ1) is 68.5. The number of aryl methyl sites for hydroxylation is 3. The number of ether oxygens (including phenoxy) is 2. The Morgan fingerprint density at radius 3 is 1.13 bits per heavy atom. The molecule has 12 rings (SSSR count). The van der Waals surface area contributed by atoms with Crippen molar-refractivity contribution in [2.45, 2.75) is 333 Å². The Hall–Kier alpha value is -11.7. The number of likely N-dealkylation sites (tertiary alicyclic amines) is 1. The van der Waals surface area contributed by atoms with Crippen LogP contribution < -0.4 is 42.6 Å². The zero-order valence-electron chi connectivity index (χ0n) is 97.8. The van der Waals surface area contributed by atoms with E-state index in [0.717, 1.165) is 58.1 Å². The summed E-state index contributed by atoms with van der Waals surface area (Å²) in [6.45, 7) is 79.0. The second kappa shape index (κ2) is 57.7. The largest absolute Gasteiger partial charge is 0.492 e. The molecule has 10 N–H and O–H groups in total. The molecule has 0 aliphatic carbocycles. The molecule has 14 nitrogen and oxygen atoms in total. The fraction of sp³-hybridized carbons (Fsp3) is 0.465. The third-order valence-corrected chi connectivity index (χ3v) is 25.1. The number of amides is 1. The van der Waals surface area contributed by atoms with Gasteiger partial charge in [-0.2, -0.15) is 5.26 Å². The number of aliphatic hydroxyl groups is 1. The fourth-order valence-electron chi connectivity index (χ4n) is 15.9. The summed E-state index contributed by atoms with van der Waals surface area (Å²) in [6.07, 6.45) is 3.60. The third-order valence-electron chi connectivity index (χ3n) is 24.0. The predicted molar refractivity (Wildman–Crippen MR) is 619 cm³/mol. The molecule has 0 saturated carbocycles. The number of nitrogens with two attached hydrogens (primary N) is 3. The van der Waals surface area contributed by atoms with Crippen LogP contribution in [0.1, 0.15) is 332 Å². The number of halogens is 8.